The third-order valence-electron chi connectivity index (χ3n) is 3.75. The van der Waals surface area contributed by atoms with Crippen molar-refractivity contribution in [2.75, 3.05) is 12.4 Å². The van der Waals surface area contributed by atoms with Crippen molar-refractivity contribution < 1.29 is 0 Å². The molecule has 3 aromatic rings. The molecule has 0 atom stereocenters. The average Bonchev–Trinajstić information content (AvgIpc) is 2.68. The van der Waals surface area contributed by atoms with Crippen LogP contribution in [0.5, 0.6) is 0 Å². The summed E-state index contributed by atoms with van der Waals surface area (Å²) < 4.78 is 0. The Morgan fingerprint density at radius 3 is 2.36 bits per heavy atom. The highest BCUT2D eigenvalue weighted by molar-refractivity contribution is 6.38. The van der Waals surface area contributed by atoms with Crippen LogP contribution in [0.25, 0.3) is 11.3 Å². The fourth-order valence-electron chi connectivity index (χ4n) is 2.46. The van der Waals surface area contributed by atoms with Gasteiger partial charge < -0.3 is 5.32 Å². The third kappa shape index (κ3) is 3.21. The summed E-state index contributed by atoms with van der Waals surface area (Å²) in [5, 5.41) is 29.2. The Bertz CT molecular complexity index is 960. The number of nitriles is 1. The summed E-state index contributed by atoms with van der Waals surface area (Å²) in [6, 6.07) is 18.3. The predicted molar refractivity (Wildman–Crippen MR) is 99.1 cm³/mol. The molecule has 0 spiro atoms. The van der Waals surface area contributed by atoms with Crippen LogP contribution in [0.2, 0.25) is 5.02 Å². The Morgan fingerprint density at radius 1 is 1.08 bits per heavy atom. The van der Waals surface area contributed by atoms with Crippen molar-refractivity contribution in [1.82, 2.24) is 10.2 Å². The number of nitrogens with zero attached hydrogens (tertiary/aromatic N) is 3. The van der Waals surface area contributed by atoms with Crippen molar-refractivity contribution in [1.29, 1.82) is 10.7 Å². The number of aromatic nitrogens is 2. The van der Waals surface area contributed by atoms with E-state index >= 15 is 0 Å². The molecule has 0 saturated carbocycles. The minimum atomic E-state index is 0.214. The molecule has 5 nitrogen and oxygen atoms in total. The molecule has 1 aromatic heterocycles. The summed E-state index contributed by atoms with van der Waals surface area (Å²) in [4.78, 5) is 0. The molecule has 25 heavy (non-hydrogen) atoms. The number of benzene rings is 2. The van der Waals surface area contributed by atoms with Crippen LogP contribution in [0.15, 0.2) is 54.6 Å². The van der Waals surface area contributed by atoms with E-state index in [0.29, 0.717) is 33.2 Å². The van der Waals surface area contributed by atoms with Crippen LogP contribution in [0.3, 0.4) is 0 Å². The van der Waals surface area contributed by atoms with Crippen molar-refractivity contribution in [3.63, 3.8) is 0 Å². The molecule has 2 aromatic carbocycles. The van der Waals surface area contributed by atoms with Crippen LogP contribution in [0, 0.1) is 16.7 Å². The summed E-state index contributed by atoms with van der Waals surface area (Å²) in [5.74, 6) is 0.430. The van der Waals surface area contributed by atoms with E-state index in [1.165, 1.54) is 0 Å². The van der Waals surface area contributed by atoms with Gasteiger partial charge in [0.2, 0.25) is 0 Å². The average molecular weight is 348 g/mol. The second kappa shape index (κ2) is 7.12. The Labute approximate surface area is 150 Å². The first-order valence-electron chi connectivity index (χ1n) is 7.54. The largest absolute Gasteiger partial charge is 0.371 e. The van der Waals surface area contributed by atoms with Gasteiger partial charge in [0.25, 0.3) is 0 Å². The SMILES string of the molecule is CNc1nnc(-c2ccccc2)c(Cl)c1C(=N)c1ccc(C#N)cc1. The Kier molecular flexibility index (Phi) is 4.73. The number of nitrogens with one attached hydrogen (secondary N) is 2. The van der Waals surface area contributed by atoms with E-state index in [2.05, 4.69) is 21.6 Å². The van der Waals surface area contributed by atoms with Crippen LogP contribution in [0.4, 0.5) is 5.82 Å². The standard InChI is InChI=1S/C19H14ClN5/c1-23-19-15(17(22)13-9-7-12(11-21)8-10-13)16(20)18(24-25-19)14-5-3-2-4-6-14/h2-10,22H,1H3,(H,23,25). The molecule has 0 fully saturated rings. The van der Waals surface area contributed by atoms with Gasteiger partial charge in [-0.1, -0.05) is 54.1 Å². The molecule has 2 N–H and O–H groups in total. The monoisotopic (exact) mass is 347 g/mol. The first kappa shape index (κ1) is 16.6. The molecular weight excluding hydrogens is 334 g/mol. The molecular formula is C19H14ClN5. The fourth-order valence-corrected chi connectivity index (χ4v) is 2.79. The zero-order valence-corrected chi connectivity index (χ0v) is 14.2. The smallest absolute Gasteiger partial charge is 0.159 e. The van der Waals surface area contributed by atoms with Crippen molar-refractivity contribution in [2.24, 2.45) is 0 Å². The van der Waals surface area contributed by atoms with E-state index in [4.69, 9.17) is 22.3 Å². The molecule has 0 unspecified atom stereocenters. The highest BCUT2D eigenvalue weighted by Crippen LogP contribution is 2.33. The number of halogens is 1. The van der Waals surface area contributed by atoms with Crippen molar-refractivity contribution >= 4 is 23.1 Å². The Balaban J connectivity index is 2.13. The van der Waals surface area contributed by atoms with Crippen molar-refractivity contribution in [3.8, 4) is 17.3 Å². The molecule has 0 aliphatic heterocycles. The zero-order valence-electron chi connectivity index (χ0n) is 13.4. The zero-order chi connectivity index (χ0) is 17.8. The lowest BCUT2D eigenvalue weighted by atomic mass is 10.00. The van der Waals surface area contributed by atoms with E-state index in [1.807, 2.05) is 30.3 Å². The highest BCUT2D eigenvalue weighted by atomic mass is 35.5. The highest BCUT2D eigenvalue weighted by Gasteiger charge is 2.20. The van der Waals surface area contributed by atoms with Crippen LogP contribution < -0.4 is 5.32 Å². The number of anilines is 1. The first-order chi connectivity index (χ1) is 12.2. The summed E-state index contributed by atoms with van der Waals surface area (Å²) in [7, 11) is 1.71. The van der Waals surface area contributed by atoms with Crippen molar-refractivity contribution in [2.45, 2.75) is 0 Å². The quantitative estimate of drug-likeness (QED) is 0.695. The third-order valence-corrected chi connectivity index (χ3v) is 4.12. The molecule has 0 aliphatic rings. The maximum absolute atomic E-state index is 8.92. The number of rotatable bonds is 4. The van der Waals surface area contributed by atoms with Gasteiger partial charge in [-0.25, -0.2) is 0 Å². The normalized spacial score (nSPS) is 10.1. The fraction of sp³-hybridized carbons (Fsp3) is 0.0526. The minimum Gasteiger partial charge on any atom is -0.371 e. The van der Waals surface area contributed by atoms with Gasteiger partial charge in [-0.3, -0.25) is 5.41 Å². The lowest BCUT2D eigenvalue weighted by Gasteiger charge is -2.14. The van der Waals surface area contributed by atoms with Gasteiger partial charge in [0, 0.05) is 18.2 Å². The van der Waals surface area contributed by atoms with Crippen LogP contribution in [-0.2, 0) is 0 Å². The van der Waals surface area contributed by atoms with Gasteiger partial charge in [-0.15, -0.1) is 10.2 Å². The van der Waals surface area contributed by atoms with E-state index in [1.54, 1.807) is 31.3 Å². The van der Waals surface area contributed by atoms with Crippen LogP contribution in [0.1, 0.15) is 16.7 Å². The van der Waals surface area contributed by atoms with Gasteiger partial charge in [-0.05, 0) is 12.1 Å². The molecule has 0 saturated heterocycles. The lowest BCUT2D eigenvalue weighted by Crippen LogP contribution is -2.10. The van der Waals surface area contributed by atoms with Gasteiger partial charge in [0.1, 0.15) is 5.69 Å². The van der Waals surface area contributed by atoms with E-state index in [9.17, 15) is 0 Å². The van der Waals surface area contributed by atoms with Gasteiger partial charge in [0.05, 0.1) is 27.9 Å². The van der Waals surface area contributed by atoms with Crippen LogP contribution in [-0.4, -0.2) is 23.0 Å². The molecule has 3 rings (SSSR count). The number of hydrogen-bond acceptors (Lipinski definition) is 5. The second-order valence-electron chi connectivity index (χ2n) is 5.27. The van der Waals surface area contributed by atoms with Crippen LogP contribution >= 0.6 is 11.6 Å². The van der Waals surface area contributed by atoms with Gasteiger partial charge in [-0.2, -0.15) is 5.26 Å². The maximum atomic E-state index is 8.92. The molecule has 1 heterocycles. The summed E-state index contributed by atoms with van der Waals surface area (Å²) in [6.45, 7) is 0. The van der Waals surface area contributed by atoms with Crippen molar-refractivity contribution in [3.05, 3.63) is 76.3 Å². The van der Waals surface area contributed by atoms with E-state index < -0.39 is 0 Å². The first-order valence-corrected chi connectivity index (χ1v) is 7.92. The van der Waals surface area contributed by atoms with E-state index in [-0.39, 0.29) is 5.71 Å². The second-order valence-corrected chi connectivity index (χ2v) is 5.64. The maximum Gasteiger partial charge on any atom is 0.159 e. The summed E-state index contributed by atoms with van der Waals surface area (Å²) >= 11 is 6.59. The molecule has 6 heteroatoms. The number of hydrogen-bond donors (Lipinski definition) is 2. The predicted octanol–water partition coefficient (Wildman–Crippen LogP) is 4.13. The molecule has 0 aliphatic carbocycles. The topological polar surface area (TPSA) is 85.5 Å². The van der Waals surface area contributed by atoms with Gasteiger partial charge >= 0.3 is 0 Å². The Hall–Kier alpha value is -3.23. The minimum absolute atomic E-state index is 0.214. The molecule has 0 radical (unpaired) electrons. The molecule has 0 bridgehead atoms. The summed E-state index contributed by atoms with van der Waals surface area (Å²) in [5.41, 5.74) is 3.22. The van der Waals surface area contributed by atoms with E-state index in [0.717, 1.165) is 5.56 Å². The lowest BCUT2D eigenvalue weighted by molar-refractivity contribution is 1.03. The molecule has 0 amide bonds. The Morgan fingerprint density at radius 2 is 1.76 bits per heavy atom. The summed E-state index contributed by atoms with van der Waals surface area (Å²) in [6.07, 6.45) is 0. The van der Waals surface area contributed by atoms with Gasteiger partial charge in [0.15, 0.2) is 5.82 Å². The molecule has 122 valence electrons.